The zero-order valence-electron chi connectivity index (χ0n) is 37.4. The molecule has 0 aliphatic carbocycles. The van der Waals surface area contributed by atoms with Crippen molar-refractivity contribution in [1.82, 2.24) is 38.6 Å². The molecular weight excluding hydrogens is 835 g/mol. The SMILES string of the molecule is CC(=O)N1CCc2c(c(N3CCCc4cc(-c5cnn(C)c5)c(C(F)F)cc43)nn2C2CCN(C(=O)CCCCCCCCn3c(=O)n(N4C(=O)CCCC4=O)c4ccccc43)CC2)C1. The number of amides is 4. The number of anilines is 2. The number of hydrogen-bond donors (Lipinski definition) is 0. The van der Waals surface area contributed by atoms with Crippen LogP contribution in [0.15, 0.2) is 53.6 Å². The molecule has 0 saturated carbocycles. The molecule has 5 aromatic rings. The third-order valence-corrected chi connectivity index (χ3v) is 13.8. The van der Waals surface area contributed by atoms with E-state index in [2.05, 4.69) is 14.7 Å². The van der Waals surface area contributed by atoms with Crippen LogP contribution in [0.25, 0.3) is 22.2 Å². The molecule has 4 aliphatic heterocycles. The summed E-state index contributed by atoms with van der Waals surface area (Å²) < 4.78 is 36.1. The highest BCUT2D eigenvalue weighted by Crippen LogP contribution is 2.44. The maximum Gasteiger partial charge on any atom is 0.348 e. The minimum atomic E-state index is -2.68. The van der Waals surface area contributed by atoms with Crippen LogP contribution in [-0.2, 0) is 52.2 Å². The molecular formula is C48H58F2N10O5. The molecule has 7 heterocycles. The number of piperidine rings is 2. The molecule has 4 aliphatic rings. The smallest absolute Gasteiger partial charge is 0.343 e. The maximum atomic E-state index is 14.7. The number of carbonyl (C=O) groups excluding carboxylic acids is 4. The van der Waals surface area contributed by atoms with E-state index in [0.29, 0.717) is 80.7 Å². The van der Waals surface area contributed by atoms with E-state index in [-0.39, 0.29) is 53.8 Å². The van der Waals surface area contributed by atoms with Crippen LogP contribution >= 0.6 is 0 Å². The van der Waals surface area contributed by atoms with Gasteiger partial charge in [-0.1, -0.05) is 37.8 Å². The Bertz CT molecular complexity index is 2660. The van der Waals surface area contributed by atoms with Crippen molar-refractivity contribution in [2.45, 2.75) is 129 Å². The van der Waals surface area contributed by atoms with Gasteiger partial charge in [0.2, 0.25) is 23.6 Å². The van der Waals surface area contributed by atoms with Gasteiger partial charge in [0.1, 0.15) is 0 Å². The van der Waals surface area contributed by atoms with E-state index in [1.807, 2.05) is 28.0 Å². The predicted octanol–water partition coefficient (Wildman–Crippen LogP) is 7.10. The second-order valence-electron chi connectivity index (χ2n) is 18.1. The van der Waals surface area contributed by atoms with Crippen molar-refractivity contribution in [3.63, 3.8) is 0 Å². The summed E-state index contributed by atoms with van der Waals surface area (Å²) in [6.07, 6.45) is 11.3. The number of aryl methyl sites for hydroxylation is 3. The number of fused-ring (bicyclic) bond motifs is 3. The van der Waals surface area contributed by atoms with Gasteiger partial charge in [-0.15, -0.1) is 0 Å². The van der Waals surface area contributed by atoms with E-state index in [9.17, 15) is 32.8 Å². The predicted molar refractivity (Wildman–Crippen MR) is 241 cm³/mol. The number of halogens is 2. The number of rotatable bonds is 14. The number of nitrogens with zero attached hydrogens (tertiary/aromatic N) is 10. The molecule has 4 amide bonds. The second-order valence-corrected chi connectivity index (χ2v) is 18.1. The van der Waals surface area contributed by atoms with Crippen molar-refractivity contribution >= 4 is 46.2 Å². The lowest BCUT2D eigenvalue weighted by Crippen LogP contribution is -2.52. The summed E-state index contributed by atoms with van der Waals surface area (Å²) in [6.45, 7) is 4.94. The minimum Gasteiger partial charge on any atom is -0.343 e. The molecule has 17 heteroatoms. The van der Waals surface area contributed by atoms with E-state index < -0.39 is 6.43 Å². The van der Waals surface area contributed by atoms with Crippen molar-refractivity contribution in [2.24, 2.45) is 7.05 Å². The van der Waals surface area contributed by atoms with Crippen LogP contribution in [0, 0.1) is 0 Å². The molecule has 0 unspecified atom stereocenters. The quantitative estimate of drug-likeness (QED) is 0.0850. The lowest BCUT2D eigenvalue weighted by Gasteiger charge is -2.34. The highest BCUT2D eigenvalue weighted by molar-refractivity contribution is 6.11. The van der Waals surface area contributed by atoms with Gasteiger partial charge in [0, 0.05) is 107 Å². The van der Waals surface area contributed by atoms with Gasteiger partial charge in [-0.3, -0.25) is 33.1 Å². The first-order valence-corrected chi connectivity index (χ1v) is 23.4. The monoisotopic (exact) mass is 892 g/mol. The van der Waals surface area contributed by atoms with Gasteiger partial charge in [0.25, 0.3) is 6.43 Å². The highest BCUT2D eigenvalue weighted by Gasteiger charge is 2.36. The van der Waals surface area contributed by atoms with Crippen molar-refractivity contribution < 1.29 is 28.0 Å². The van der Waals surface area contributed by atoms with Gasteiger partial charge < -0.3 is 14.7 Å². The topological polar surface area (TPSA) is 144 Å². The van der Waals surface area contributed by atoms with Crippen LogP contribution in [0.5, 0.6) is 0 Å². The normalized spacial score (nSPS) is 17.1. The van der Waals surface area contributed by atoms with Crippen LogP contribution in [-0.4, -0.2) is 88.4 Å². The average Bonchev–Trinajstić information content (AvgIpc) is 3.99. The molecule has 2 aromatic carbocycles. The molecule has 2 fully saturated rings. The Morgan fingerprint density at radius 2 is 1.55 bits per heavy atom. The second kappa shape index (κ2) is 18.8. The van der Waals surface area contributed by atoms with Gasteiger partial charge >= 0.3 is 5.69 Å². The first kappa shape index (κ1) is 44.1. The molecule has 0 radical (unpaired) electrons. The number of alkyl halides is 2. The summed E-state index contributed by atoms with van der Waals surface area (Å²) in [5.41, 5.74) is 5.75. The number of benzene rings is 2. The number of unbranched alkanes of at least 4 members (excludes halogenated alkanes) is 5. The standard InChI is InChI=1S/C48H58F2N10O5/c1-32(61)55-26-21-39-38(31-55)47(56-23-12-13-33-27-36(34-29-51-53(2)30-34)37(46(49)50)28-42(33)56)52-58(39)35-19-24-54(25-20-35)43(62)16-7-5-3-4-6-10-22-57-40-14-8-9-15-41(40)59(48(57)65)60-44(63)17-11-18-45(60)64/h8-9,14-15,27-30,35,46H,3-7,10-13,16-26,31H2,1-2H3. The summed E-state index contributed by atoms with van der Waals surface area (Å²) in [5, 5.41) is 10.5. The molecule has 0 N–H and O–H groups in total. The first-order valence-electron chi connectivity index (χ1n) is 23.4. The van der Waals surface area contributed by atoms with Gasteiger partial charge in [0.15, 0.2) is 5.82 Å². The zero-order valence-corrected chi connectivity index (χ0v) is 37.4. The van der Waals surface area contributed by atoms with E-state index in [4.69, 9.17) is 5.10 Å². The number of aromatic nitrogens is 6. The van der Waals surface area contributed by atoms with Crippen molar-refractivity contribution in [1.29, 1.82) is 0 Å². The molecule has 344 valence electrons. The summed E-state index contributed by atoms with van der Waals surface area (Å²) in [7, 11) is 1.77. The van der Waals surface area contributed by atoms with Crippen LogP contribution < -0.4 is 15.6 Å². The van der Waals surface area contributed by atoms with Gasteiger partial charge in [-0.05, 0) is 80.3 Å². The number of likely N-dealkylation sites (tertiary alicyclic amines) is 1. The average molecular weight is 893 g/mol. The zero-order chi connectivity index (χ0) is 45.4. The molecule has 15 nitrogen and oxygen atoms in total. The molecule has 65 heavy (non-hydrogen) atoms. The lowest BCUT2D eigenvalue weighted by molar-refractivity contribution is -0.133. The number of hydrogen-bond acceptors (Lipinski definition) is 8. The fraction of sp³-hybridized carbons (Fsp3) is 0.521. The molecule has 0 spiro atoms. The Hall–Kier alpha value is -6.13. The van der Waals surface area contributed by atoms with Crippen LogP contribution in [0.1, 0.15) is 125 Å². The van der Waals surface area contributed by atoms with E-state index in [1.54, 1.807) is 53.8 Å². The number of para-hydroxylation sites is 2. The summed E-state index contributed by atoms with van der Waals surface area (Å²) >= 11 is 0. The third-order valence-electron chi connectivity index (χ3n) is 13.8. The Labute approximate surface area is 376 Å². The highest BCUT2D eigenvalue weighted by atomic mass is 19.3. The fourth-order valence-electron chi connectivity index (χ4n) is 10.4. The molecule has 3 aromatic heterocycles. The lowest BCUT2D eigenvalue weighted by atomic mass is 9.92. The Balaban J connectivity index is 0.792. The minimum absolute atomic E-state index is 0.0105. The van der Waals surface area contributed by atoms with Gasteiger partial charge in [0.05, 0.1) is 29.8 Å². The number of carbonyl (C=O) groups is 4. The van der Waals surface area contributed by atoms with Crippen molar-refractivity contribution in [2.75, 3.05) is 36.1 Å². The molecule has 9 rings (SSSR count). The van der Waals surface area contributed by atoms with Crippen molar-refractivity contribution in [3.05, 3.63) is 81.7 Å². The Morgan fingerprint density at radius 1 is 0.831 bits per heavy atom. The van der Waals surface area contributed by atoms with Crippen LogP contribution in [0.4, 0.5) is 20.3 Å². The summed E-state index contributed by atoms with van der Waals surface area (Å²) in [6, 6.07) is 10.9. The fourth-order valence-corrected chi connectivity index (χ4v) is 10.4. The largest absolute Gasteiger partial charge is 0.348 e. The first-order chi connectivity index (χ1) is 31.5. The van der Waals surface area contributed by atoms with Gasteiger partial charge in [-0.25, -0.2) is 13.6 Å². The van der Waals surface area contributed by atoms with E-state index in [1.165, 1.54) is 4.68 Å². The van der Waals surface area contributed by atoms with E-state index >= 15 is 0 Å². The molecule has 2 saturated heterocycles. The maximum absolute atomic E-state index is 14.7. The van der Waals surface area contributed by atoms with Crippen molar-refractivity contribution in [3.8, 4) is 11.1 Å². The third kappa shape index (κ3) is 8.73. The Kier molecular flexibility index (Phi) is 12.7. The summed E-state index contributed by atoms with van der Waals surface area (Å²) in [4.78, 5) is 70.8. The van der Waals surface area contributed by atoms with Crippen LogP contribution in [0.2, 0.25) is 0 Å². The summed E-state index contributed by atoms with van der Waals surface area (Å²) in [5.74, 6) is 0.173. The van der Waals surface area contributed by atoms with Gasteiger partial charge in [-0.2, -0.15) is 19.9 Å². The Morgan fingerprint density at radius 3 is 2.26 bits per heavy atom. The number of imide groups is 1. The van der Waals surface area contributed by atoms with E-state index in [0.717, 1.165) is 97.5 Å². The molecule has 0 atom stereocenters. The molecule has 0 bridgehead atoms. The van der Waals surface area contributed by atoms with Crippen LogP contribution in [0.3, 0.4) is 0 Å². The number of imidazole rings is 1.